The van der Waals surface area contributed by atoms with Gasteiger partial charge < -0.3 is 15.2 Å². The topological polar surface area (TPSA) is 93.8 Å². The highest BCUT2D eigenvalue weighted by Crippen LogP contribution is 2.22. The van der Waals surface area contributed by atoms with Crippen molar-refractivity contribution in [2.75, 3.05) is 5.32 Å². The summed E-state index contributed by atoms with van der Waals surface area (Å²) >= 11 is 0. The van der Waals surface area contributed by atoms with E-state index in [1.165, 1.54) is 0 Å². The summed E-state index contributed by atoms with van der Waals surface area (Å²) in [6.07, 6.45) is 8.73. The fraction of sp³-hybridized carbons (Fsp3) is 0.286. The molecule has 1 unspecified atom stereocenters. The minimum atomic E-state index is -0.178. The standard InChI is InChI=1S/C28H32N6O2/c1-19-6-11-24(20(2)14-19)27(36)31-22-15-30-34(16-22)23-9-7-21(8-10-23)26(35)32-25(28(3,4)5)17-33-13-12-29-18-33/h6-16,18,25H,17H2,1-5H3,(H,31,36)(H,32,35). The molecule has 4 aromatic rings. The van der Waals surface area contributed by atoms with E-state index in [1.54, 1.807) is 41.7 Å². The number of amides is 2. The van der Waals surface area contributed by atoms with Gasteiger partial charge >= 0.3 is 0 Å². The van der Waals surface area contributed by atoms with Crippen LogP contribution in [0.4, 0.5) is 5.69 Å². The predicted octanol–water partition coefficient (Wildman–Crippen LogP) is 4.78. The molecule has 1 atom stereocenters. The molecule has 0 bridgehead atoms. The molecule has 0 saturated carbocycles. The van der Waals surface area contributed by atoms with Gasteiger partial charge in [-0.15, -0.1) is 0 Å². The molecule has 8 heteroatoms. The van der Waals surface area contributed by atoms with Gasteiger partial charge in [0.15, 0.2) is 0 Å². The van der Waals surface area contributed by atoms with E-state index >= 15 is 0 Å². The zero-order valence-corrected chi connectivity index (χ0v) is 21.3. The lowest BCUT2D eigenvalue weighted by Gasteiger charge is -2.31. The van der Waals surface area contributed by atoms with E-state index in [4.69, 9.17) is 0 Å². The fourth-order valence-electron chi connectivity index (χ4n) is 3.94. The normalized spacial score (nSPS) is 12.2. The van der Waals surface area contributed by atoms with Crippen molar-refractivity contribution in [1.82, 2.24) is 24.6 Å². The first-order chi connectivity index (χ1) is 17.1. The van der Waals surface area contributed by atoms with Crippen LogP contribution < -0.4 is 10.6 Å². The molecule has 0 fully saturated rings. The Labute approximate surface area is 211 Å². The molecule has 2 amide bonds. The van der Waals surface area contributed by atoms with Crippen LogP contribution in [0.5, 0.6) is 0 Å². The first-order valence-electron chi connectivity index (χ1n) is 11.9. The number of nitrogens with zero attached hydrogens (tertiary/aromatic N) is 4. The second-order valence-electron chi connectivity index (χ2n) is 10.1. The van der Waals surface area contributed by atoms with Crippen molar-refractivity contribution in [1.29, 1.82) is 0 Å². The van der Waals surface area contributed by atoms with Crippen LogP contribution in [0.3, 0.4) is 0 Å². The number of aromatic nitrogens is 4. The number of carbonyl (C=O) groups is 2. The summed E-state index contributed by atoms with van der Waals surface area (Å²) in [5, 5.41) is 10.4. The van der Waals surface area contributed by atoms with Gasteiger partial charge in [0.05, 0.1) is 36.1 Å². The third-order valence-corrected chi connectivity index (χ3v) is 6.16. The Morgan fingerprint density at radius 3 is 2.42 bits per heavy atom. The van der Waals surface area contributed by atoms with Crippen LogP contribution in [-0.4, -0.2) is 37.2 Å². The maximum absolute atomic E-state index is 13.0. The predicted molar refractivity (Wildman–Crippen MR) is 140 cm³/mol. The Morgan fingerprint density at radius 2 is 1.78 bits per heavy atom. The van der Waals surface area contributed by atoms with Gasteiger partial charge in [0, 0.05) is 30.1 Å². The zero-order valence-electron chi connectivity index (χ0n) is 21.3. The smallest absolute Gasteiger partial charge is 0.256 e. The lowest BCUT2D eigenvalue weighted by molar-refractivity contribution is 0.0892. The Kier molecular flexibility index (Phi) is 7.05. The van der Waals surface area contributed by atoms with Crippen LogP contribution in [0.1, 0.15) is 52.6 Å². The third-order valence-electron chi connectivity index (χ3n) is 6.16. The van der Waals surface area contributed by atoms with Crippen molar-refractivity contribution in [3.05, 3.63) is 95.8 Å². The molecule has 2 aromatic heterocycles. The van der Waals surface area contributed by atoms with Gasteiger partial charge in [-0.25, -0.2) is 9.67 Å². The quantitative estimate of drug-likeness (QED) is 0.395. The highest BCUT2D eigenvalue weighted by Gasteiger charge is 2.27. The molecule has 0 saturated heterocycles. The van der Waals surface area contributed by atoms with E-state index in [9.17, 15) is 9.59 Å². The summed E-state index contributed by atoms with van der Waals surface area (Å²) in [7, 11) is 0. The number of imidazole rings is 1. The maximum atomic E-state index is 13.0. The Hall–Kier alpha value is -4.20. The number of hydrogen-bond donors (Lipinski definition) is 2. The molecule has 0 spiro atoms. The molecular formula is C28H32N6O2. The fourth-order valence-corrected chi connectivity index (χ4v) is 3.94. The summed E-state index contributed by atoms with van der Waals surface area (Å²) in [5.41, 5.74) is 4.47. The van der Waals surface area contributed by atoms with Gasteiger partial charge in [0.25, 0.3) is 11.8 Å². The van der Waals surface area contributed by atoms with Gasteiger partial charge in [-0.3, -0.25) is 9.59 Å². The Bertz CT molecular complexity index is 1350. The number of rotatable bonds is 7. The Balaban J connectivity index is 1.42. The molecule has 2 aromatic carbocycles. The average molecular weight is 485 g/mol. The van der Waals surface area contributed by atoms with Gasteiger partial charge in [0.2, 0.25) is 0 Å². The van der Waals surface area contributed by atoms with Crippen molar-refractivity contribution in [3.8, 4) is 5.69 Å². The molecule has 0 aliphatic carbocycles. The molecule has 2 heterocycles. The van der Waals surface area contributed by atoms with Crippen molar-refractivity contribution in [3.63, 3.8) is 0 Å². The van der Waals surface area contributed by atoms with Crippen molar-refractivity contribution in [2.45, 2.75) is 47.2 Å². The summed E-state index contributed by atoms with van der Waals surface area (Å²) < 4.78 is 3.63. The summed E-state index contributed by atoms with van der Waals surface area (Å²) in [4.78, 5) is 29.7. The number of aryl methyl sites for hydroxylation is 2. The van der Waals surface area contributed by atoms with Crippen molar-refractivity contribution in [2.24, 2.45) is 5.41 Å². The number of benzene rings is 2. The highest BCUT2D eigenvalue weighted by molar-refractivity contribution is 6.05. The monoisotopic (exact) mass is 484 g/mol. The van der Waals surface area contributed by atoms with Crippen molar-refractivity contribution < 1.29 is 9.59 Å². The highest BCUT2D eigenvalue weighted by atomic mass is 16.2. The molecular weight excluding hydrogens is 452 g/mol. The largest absolute Gasteiger partial charge is 0.347 e. The molecule has 186 valence electrons. The van der Waals surface area contributed by atoms with Crippen LogP contribution in [0.15, 0.2) is 73.6 Å². The minimum Gasteiger partial charge on any atom is -0.347 e. The van der Waals surface area contributed by atoms with E-state index in [-0.39, 0.29) is 23.3 Å². The lowest BCUT2D eigenvalue weighted by Crippen LogP contribution is -2.46. The van der Waals surface area contributed by atoms with Crippen LogP contribution in [-0.2, 0) is 6.54 Å². The molecule has 4 rings (SSSR count). The van der Waals surface area contributed by atoms with Crippen molar-refractivity contribution >= 4 is 17.5 Å². The first-order valence-corrected chi connectivity index (χ1v) is 11.9. The molecule has 0 aliphatic heterocycles. The molecule has 0 radical (unpaired) electrons. The van der Waals surface area contributed by atoms with Crippen LogP contribution >= 0.6 is 0 Å². The summed E-state index contributed by atoms with van der Waals surface area (Å²) in [5.74, 6) is -0.313. The second kappa shape index (κ2) is 10.2. The molecule has 2 N–H and O–H groups in total. The Morgan fingerprint density at radius 1 is 1.03 bits per heavy atom. The SMILES string of the molecule is Cc1ccc(C(=O)Nc2cnn(-c3ccc(C(=O)NC(Cn4ccnc4)C(C)(C)C)cc3)c2)c(C)c1. The molecule has 8 nitrogen and oxygen atoms in total. The van der Waals surface area contributed by atoms with E-state index in [2.05, 4.69) is 41.5 Å². The van der Waals surface area contributed by atoms with E-state index in [0.717, 1.165) is 16.8 Å². The van der Waals surface area contributed by atoms with Crippen LogP contribution in [0, 0.1) is 19.3 Å². The molecule has 36 heavy (non-hydrogen) atoms. The number of anilines is 1. The number of carbonyl (C=O) groups excluding carboxylic acids is 2. The second-order valence-corrected chi connectivity index (χ2v) is 10.1. The number of hydrogen-bond acceptors (Lipinski definition) is 4. The van der Waals surface area contributed by atoms with Crippen LogP contribution in [0.2, 0.25) is 0 Å². The number of nitrogens with one attached hydrogen (secondary N) is 2. The van der Waals surface area contributed by atoms with E-state index in [1.807, 2.05) is 54.9 Å². The van der Waals surface area contributed by atoms with Crippen LogP contribution in [0.25, 0.3) is 5.69 Å². The summed E-state index contributed by atoms with van der Waals surface area (Å²) in [6.45, 7) is 10.9. The maximum Gasteiger partial charge on any atom is 0.256 e. The lowest BCUT2D eigenvalue weighted by atomic mass is 9.86. The van der Waals surface area contributed by atoms with Gasteiger partial charge in [-0.1, -0.05) is 38.5 Å². The van der Waals surface area contributed by atoms with E-state index in [0.29, 0.717) is 23.4 Å². The molecule has 0 aliphatic rings. The summed E-state index contributed by atoms with van der Waals surface area (Å²) in [6, 6.07) is 12.9. The van der Waals surface area contributed by atoms with Gasteiger partial charge in [-0.2, -0.15) is 5.10 Å². The zero-order chi connectivity index (χ0) is 25.9. The minimum absolute atomic E-state index is 0.0756. The van der Waals surface area contributed by atoms with E-state index < -0.39 is 0 Å². The average Bonchev–Trinajstić information content (AvgIpc) is 3.50. The van der Waals surface area contributed by atoms with Gasteiger partial charge in [0.1, 0.15) is 0 Å². The first kappa shape index (κ1) is 24.9. The third kappa shape index (κ3) is 5.89. The van der Waals surface area contributed by atoms with Gasteiger partial charge in [-0.05, 0) is 55.2 Å².